The normalized spacial score (nSPS) is 18.5. The van der Waals surface area contributed by atoms with Gasteiger partial charge < -0.3 is 9.45 Å². The highest BCUT2D eigenvalue weighted by Crippen LogP contribution is 2.30. The van der Waals surface area contributed by atoms with Gasteiger partial charge >= 0.3 is 6.18 Å². The minimum atomic E-state index is -4.32. The van der Waals surface area contributed by atoms with Gasteiger partial charge in [-0.15, -0.1) is 0 Å². The van der Waals surface area contributed by atoms with Crippen molar-refractivity contribution in [2.45, 2.75) is 6.18 Å². The summed E-state index contributed by atoms with van der Waals surface area (Å²) in [4.78, 5) is 1.90. The van der Waals surface area contributed by atoms with Gasteiger partial charge in [-0.05, 0) is 18.2 Å². The Morgan fingerprint density at radius 1 is 1.24 bits per heavy atom. The van der Waals surface area contributed by atoms with Gasteiger partial charge in [-0.3, -0.25) is 0 Å². The Balaban J connectivity index is 2.08. The van der Waals surface area contributed by atoms with E-state index in [2.05, 4.69) is 6.07 Å². The Kier molecular flexibility index (Phi) is 3.53. The molecule has 0 amide bonds. The van der Waals surface area contributed by atoms with Crippen LogP contribution in [-0.4, -0.2) is 29.1 Å². The van der Waals surface area contributed by atoms with E-state index in [0.717, 1.165) is 12.1 Å². The van der Waals surface area contributed by atoms with Gasteiger partial charge in [0.1, 0.15) is 11.5 Å². The van der Waals surface area contributed by atoms with E-state index in [1.807, 2.05) is 4.90 Å². The average Bonchev–Trinajstić information content (AvgIpc) is 2.29. The van der Waals surface area contributed by atoms with Crippen molar-refractivity contribution in [3.05, 3.63) is 29.8 Å². The van der Waals surface area contributed by atoms with Crippen molar-refractivity contribution in [2.24, 2.45) is 0 Å². The lowest BCUT2D eigenvalue weighted by molar-refractivity contribution is -0.137. The second-order valence-electron chi connectivity index (χ2n) is 3.80. The number of anilines is 1. The van der Waals surface area contributed by atoms with Crippen molar-refractivity contribution in [3.8, 4) is 0 Å². The molecule has 1 aromatic carbocycles. The van der Waals surface area contributed by atoms with E-state index in [9.17, 15) is 17.7 Å². The summed E-state index contributed by atoms with van der Waals surface area (Å²) < 4.78 is 48.2. The van der Waals surface area contributed by atoms with Gasteiger partial charge in [0, 0.05) is 11.8 Å². The van der Waals surface area contributed by atoms with Gasteiger partial charge in [0.2, 0.25) is 0 Å². The number of halogens is 3. The zero-order valence-corrected chi connectivity index (χ0v) is 9.77. The summed E-state index contributed by atoms with van der Waals surface area (Å²) in [6.45, 7) is 1.21. The van der Waals surface area contributed by atoms with Crippen LogP contribution in [0.2, 0.25) is 0 Å². The molecule has 0 saturated carbocycles. The molecule has 0 aliphatic carbocycles. The third-order valence-electron chi connectivity index (χ3n) is 2.64. The minimum Gasteiger partial charge on any atom is -0.616 e. The quantitative estimate of drug-likeness (QED) is 0.724. The van der Waals surface area contributed by atoms with Gasteiger partial charge in [0.05, 0.1) is 18.7 Å². The second-order valence-corrected chi connectivity index (χ2v) is 5.49. The van der Waals surface area contributed by atoms with Crippen molar-refractivity contribution >= 4 is 16.9 Å². The highest BCUT2D eigenvalue weighted by atomic mass is 32.2. The van der Waals surface area contributed by atoms with Crippen LogP contribution in [0, 0.1) is 6.07 Å². The molecule has 6 heteroatoms. The Morgan fingerprint density at radius 3 is 2.35 bits per heavy atom. The summed E-state index contributed by atoms with van der Waals surface area (Å²) >= 11 is -0.789. The first-order valence-corrected chi connectivity index (χ1v) is 6.64. The maximum absolute atomic E-state index is 12.3. The molecule has 0 atom stereocenters. The van der Waals surface area contributed by atoms with Crippen molar-refractivity contribution < 1.29 is 17.7 Å². The average molecular weight is 262 g/mol. The number of hydrogen-bond acceptors (Lipinski definition) is 2. The van der Waals surface area contributed by atoms with Crippen molar-refractivity contribution in [3.63, 3.8) is 0 Å². The molecule has 1 aliphatic heterocycles. The van der Waals surface area contributed by atoms with E-state index in [0.29, 0.717) is 30.3 Å². The van der Waals surface area contributed by atoms with Crippen LogP contribution in [-0.2, 0) is 17.4 Å². The Hall–Kier alpha value is -0.880. The zero-order chi connectivity index (χ0) is 12.5. The molecular formula is C11H11F3NOS. The molecule has 1 radical (unpaired) electrons. The highest BCUT2D eigenvalue weighted by Gasteiger charge is 2.30. The summed E-state index contributed by atoms with van der Waals surface area (Å²) in [6.07, 6.45) is -4.32. The summed E-state index contributed by atoms with van der Waals surface area (Å²) in [7, 11) is 0. The number of hydrogen-bond donors (Lipinski definition) is 0. The molecule has 1 saturated heterocycles. The molecule has 0 aromatic heterocycles. The van der Waals surface area contributed by atoms with Gasteiger partial charge in [0.25, 0.3) is 0 Å². The first kappa shape index (κ1) is 12.6. The zero-order valence-electron chi connectivity index (χ0n) is 8.96. The van der Waals surface area contributed by atoms with E-state index in [1.54, 1.807) is 0 Å². The van der Waals surface area contributed by atoms with E-state index in [4.69, 9.17) is 0 Å². The molecule has 0 spiro atoms. The van der Waals surface area contributed by atoms with Crippen LogP contribution in [0.5, 0.6) is 0 Å². The lowest BCUT2D eigenvalue weighted by Crippen LogP contribution is -2.40. The number of alkyl halides is 3. The first-order valence-electron chi connectivity index (χ1n) is 5.16. The van der Waals surface area contributed by atoms with Crippen LogP contribution < -0.4 is 4.90 Å². The van der Waals surface area contributed by atoms with Crippen LogP contribution in [0.15, 0.2) is 18.2 Å². The maximum atomic E-state index is 12.3. The third-order valence-corrected chi connectivity index (χ3v) is 3.92. The van der Waals surface area contributed by atoms with Gasteiger partial charge in [-0.2, -0.15) is 13.2 Å². The number of benzene rings is 1. The molecule has 2 rings (SSSR count). The predicted molar refractivity (Wildman–Crippen MR) is 60.4 cm³/mol. The van der Waals surface area contributed by atoms with Crippen molar-refractivity contribution in [1.82, 2.24) is 0 Å². The first-order chi connectivity index (χ1) is 7.97. The third kappa shape index (κ3) is 3.07. The molecular weight excluding hydrogens is 251 g/mol. The Morgan fingerprint density at radius 2 is 1.88 bits per heavy atom. The predicted octanol–water partition coefficient (Wildman–Crippen LogP) is 2.07. The SMILES string of the molecule is [O-][S+]1CCN(c2[c]cc(C(F)(F)F)cc2)CC1. The molecule has 1 heterocycles. The molecule has 1 fully saturated rings. The summed E-state index contributed by atoms with van der Waals surface area (Å²) in [5.41, 5.74) is -0.0588. The van der Waals surface area contributed by atoms with Crippen LogP contribution >= 0.6 is 0 Å². The molecule has 1 aliphatic rings. The topological polar surface area (TPSA) is 26.3 Å². The van der Waals surface area contributed by atoms with Crippen LogP contribution in [0.25, 0.3) is 0 Å². The van der Waals surface area contributed by atoms with Crippen LogP contribution in [0.4, 0.5) is 18.9 Å². The maximum Gasteiger partial charge on any atom is 0.416 e. The van der Waals surface area contributed by atoms with E-state index in [-0.39, 0.29) is 0 Å². The molecule has 93 valence electrons. The standard InChI is InChI=1S/C11H11F3NOS/c12-11(13,14)9-1-3-10(4-2-9)15-5-7-17(16)8-6-15/h1-3H,5-8H2. The molecule has 1 aromatic rings. The lowest BCUT2D eigenvalue weighted by atomic mass is 10.2. The summed E-state index contributed by atoms with van der Waals surface area (Å²) in [5.74, 6) is 1.13. The largest absolute Gasteiger partial charge is 0.616 e. The molecule has 0 N–H and O–H groups in total. The van der Waals surface area contributed by atoms with E-state index in [1.165, 1.54) is 6.07 Å². The minimum absolute atomic E-state index is 0.564. The van der Waals surface area contributed by atoms with Crippen molar-refractivity contribution in [1.29, 1.82) is 0 Å². The van der Waals surface area contributed by atoms with E-state index < -0.39 is 22.9 Å². The van der Waals surface area contributed by atoms with Crippen LogP contribution in [0.1, 0.15) is 5.56 Å². The smallest absolute Gasteiger partial charge is 0.416 e. The highest BCUT2D eigenvalue weighted by molar-refractivity contribution is 7.91. The lowest BCUT2D eigenvalue weighted by Gasteiger charge is -2.29. The fraction of sp³-hybridized carbons (Fsp3) is 0.455. The fourth-order valence-corrected chi connectivity index (χ4v) is 2.72. The van der Waals surface area contributed by atoms with Gasteiger partial charge in [-0.1, -0.05) is 11.2 Å². The fourth-order valence-electron chi connectivity index (χ4n) is 1.67. The summed E-state index contributed by atoms with van der Waals surface area (Å²) in [5, 5.41) is 0. The monoisotopic (exact) mass is 262 g/mol. The molecule has 0 bridgehead atoms. The molecule has 0 unspecified atom stereocenters. The van der Waals surface area contributed by atoms with E-state index >= 15 is 0 Å². The van der Waals surface area contributed by atoms with Crippen LogP contribution in [0.3, 0.4) is 0 Å². The Labute approximate surface area is 101 Å². The van der Waals surface area contributed by atoms with Gasteiger partial charge in [0.15, 0.2) is 0 Å². The summed E-state index contributed by atoms with van der Waals surface area (Å²) in [6, 6.07) is 6.06. The number of rotatable bonds is 1. The molecule has 17 heavy (non-hydrogen) atoms. The van der Waals surface area contributed by atoms with Gasteiger partial charge in [-0.25, -0.2) is 0 Å². The number of nitrogens with zero attached hydrogens (tertiary/aromatic N) is 1. The molecule has 2 nitrogen and oxygen atoms in total. The van der Waals surface area contributed by atoms with Crippen molar-refractivity contribution in [2.75, 3.05) is 29.5 Å². The second kappa shape index (κ2) is 4.78. The Bertz CT molecular complexity index is 371.